The van der Waals surface area contributed by atoms with Gasteiger partial charge in [0.2, 0.25) is 0 Å². The molecule has 0 atom stereocenters. The van der Waals surface area contributed by atoms with Crippen LogP contribution in [0.2, 0.25) is 0 Å². The van der Waals surface area contributed by atoms with Gasteiger partial charge < -0.3 is 5.32 Å². The van der Waals surface area contributed by atoms with Crippen LogP contribution in [0.3, 0.4) is 0 Å². The number of rotatable bonds is 7. The van der Waals surface area contributed by atoms with Gasteiger partial charge in [-0.05, 0) is 12.1 Å². The summed E-state index contributed by atoms with van der Waals surface area (Å²) in [6.45, 7) is 5.92. The third-order valence-corrected chi connectivity index (χ3v) is 3.60. The number of aryl methyl sites for hydroxylation is 1. The highest BCUT2D eigenvalue weighted by atomic mass is 32.2. The van der Waals surface area contributed by atoms with Crippen molar-refractivity contribution in [2.75, 3.05) is 5.75 Å². The third kappa shape index (κ3) is 5.04. The molecule has 0 fully saturated rings. The second kappa shape index (κ2) is 7.31. The fourth-order valence-corrected chi connectivity index (χ4v) is 2.47. The standard InChI is InChI=1S/C14H20N4S/c1-12(2)15-10-13-11-18(17-16-13)8-9-19-14-6-4-3-5-7-14/h3-7,11-12,15H,8-10H2,1-2H3. The second-order valence-corrected chi connectivity index (χ2v) is 5.84. The van der Waals surface area contributed by atoms with E-state index in [1.807, 2.05) is 28.7 Å². The normalized spacial score (nSPS) is 11.1. The van der Waals surface area contributed by atoms with Crippen molar-refractivity contribution in [2.24, 2.45) is 0 Å². The SMILES string of the molecule is CC(C)NCc1cn(CCSc2ccccc2)nn1. The minimum Gasteiger partial charge on any atom is -0.309 e. The highest BCUT2D eigenvalue weighted by molar-refractivity contribution is 7.99. The number of hydrogen-bond acceptors (Lipinski definition) is 4. The van der Waals surface area contributed by atoms with E-state index in [1.165, 1.54) is 4.90 Å². The van der Waals surface area contributed by atoms with Gasteiger partial charge in [-0.15, -0.1) is 16.9 Å². The van der Waals surface area contributed by atoms with E-state index in [4.69, 9.17) is 0 Å². The minimum absolute atomic E-state index is 0.471. The van der Waals surface area contributed by atoms with Gasteiger partial charge in [-0.3, -0.25) is 4.68 Å². The maximum atomic E-state index is 4.16. The average molecular weight is 276 g/mol. The summed E-state index contributed by atoms with van der Waals surface area (Å²) in [5.41, 5.74) is 0.999. The van der Waals surface area contributed by atoms with Crippen LogP contribution < -0.4 is 5.32 Å². The van der Waals surface area contributed by atoms with Crippen LogP contribution in [-0.2, 0) is 13.1 Å². The van der Waals surface area contributed by atoms with Gasteiger partial charge in [0.1, 0.15) is 0 Å². The summed E-state index contributed by atoms with van der Waals surface area (Å²) >= 11 is 1.84. The van der Waals surface area contributed by atoms with Crippen molar-refractivity contribution >= 4 is 11.8 Å². The van der Waals surface area contributed by atoms with Crippen LogP contribution in [-0.4, -0.2) is 26.8 Å². The molecule has 4 nitrogen and oxygen atoms in total. The van der Waals surface area contributed by atoms with Crippen LogP contribution in [0.15, 0.2) is 41.4 Å². The van der Waals surface area contributed by atoms with Gasteiger partial charge in [-0.2, -0.15) is 0 Å². The van der Waals surface area contributed by atoms with E-state index in [0.29, 0.717) is 6.04 Å². The molecular formula is C14H20N4S. The number of nitrogens with zero attached hydrogens (tertiary/aromatic N) is 3. The Hall–Kier alpha value is -1.33. The predicted molar refractivity (Wildman–Crippen MR) is 79.2 cm³/mol. The van der Waals surface area contributed by atoms with E-state index in [1.54, 1.807) is 0 Å². The average Bonchev–Trinajstić information content (AvgIpc) is 2.86. The van der Waals surface area contributed by atoms with Crippen LogP contribution in [0.4, 0.5) is 0 Å². The van der Waals surface area contributed by atoms with Crippen LogP contribution in [0.5, 0.6) is 0 Å². The highest BCUT2D eigenvalue weighted by Gasteiger charge is 2.01. The second-order valence-electron chi connectivity index (χ2n) is 4.67. The summed E-state index contributed by atoms with van der Waals surface area (Å²) in [6.07, 6.45) is 2.01. The van der Waals surface area contributed by atoms with Crippen molar-refractivity contribution in [3.05, 3.63) is 42.2 Å². The molecule has 1 heterocycles. The van der Waals surface area contributed by atoms with E-state index >= 15 is 0 Å². The van der Waals surface area contributed by atoms with E-state index in [2.05, 4.69) is 53.7 Å². The Morgan fingerprint density at radius 1 is 1.26 bits per heavy atom. The summed E-state index contributed by atoms with van der Waals surface area (Å²) in [5, 5.41) is 11.6. The highest BCUT2D eigenvalue weighted by Crippen LogP contribution is 2.16. The van der Waals surface area contributed by atoms with Crippen LogP contribution >= 0.6 is 11.8 Å². The van der Waals surface area contributed by atoms with Crippen molar-refractivity contribution in [3.8, 4) is 0 Å². The topological polar surface area (TPSA) is 42.7 Å². The molecule has 0 saturated carbocycles. The zero-order chi connectivity index (χ0) is 13.5. The Morgan fingerprint density at radius 3 is 2.79 bits per heavy atom. The number of aromatic nitrogens is 3. The minimum atomic E-state index is 0.471. The number of nitrogens with one attached hydrogen (secondary N) is 1. The molecule has 0 aliphatic carbocycles. The fraction of sp³-hybridized carbons (Fsp3) is 0.429. The van der Waals surface area contributed by atoms with E-state index in [9.17, 15) is 0 Å². The van der Waals surface area contributed by atoms with Crippen LogP contribution in [0.1, 0.15) is 19.5 Å². The number of hydrogen-bond donors (Lipinski definition) is 1. The molecule has 1 aromatic carbocycles. The number of benzene rings is 1. The maximum Gasteiger partial charge on any atom is 0.0964 e. The first-order chi connectivity index (χ1) is 9.24. The van der Waals surface area contributed by atoms with Crippen molar-refractivity contribution in [3.63, 3.8) is 0 Å². The molecule has 5 heteroatoms. The third-order valence-electron chi connectivity index (χ3n) is 2.61. The fourth-order valence-electron chi connectivity index (χ4n) is 1.61. The molecule has 2 aromatic rings. The lowest BCUT2D eigenvalue weighted by Crippen LogP contribution is -2.21. The van der Waals surface area contributed by atoms with Crippen LogP contribution in [0, 0.1) is 0 Å². The molecule has 0 aliphatic rings. The molecule has 0 radical (unpaired) electrons. The Labute approximate surface area is 118 Å². The zero-order valence-electron chi connectivity index (χ0n) is 11.4. The molecule has 0 bridgehead atoms. The molecule has 0 amide bonds. The van der Waals surface area contributed by atoms with Crippen LogP contribution in [0.25, 0.3) is 0 Å². The van der Waals surface area contributed by atoms with E-state index < -0.39 is 0 Å². The largest absolute Gasteiger partial charge is 0.309 e. The lowest BCUT2D eigenvalue weighted by atomic mass is 10.3. The maximum absolute atomic E-state index is 4.16. The van der Waals surface area contributed by atoms with Crippen molar-refractivity contribution in [1.29, 1.82) is 0 Å². The van der Waals surface area contributed by atoms with Gasteiger partial charge in [0.15, 0.2) is 0 Å². The van der Waals surface area contributed by atoms with Crippen molar-refractivity contribution in [1.82, 2.24) is 20.3 Å². The quantitative estimate of drug-likeness (QED) is 0.789. The van der Waals surface area contributed by atoms with Gasteiger partial charge in [-0.1, -0.05) is 37.3 Å². The Morgan fingerprint density at radius 2 is 2.05 bits per heavy atom. The van der Waals surface area contributed by atoms with Gasteiger partial charge in [0.05, 0.1) is 12.2 Å². The molecule has 1 aromatic heterocycles. The van der Waals surface area contributed by atoms with Crippen molar-refractivity contribution < 1.29 is 0 Å². The first kappa shape index (κ1) is 14.1. The van der Waals surface area contributed by atoms with E-state index in [-0.39, 0.29) is 0 Å². The molecule has 19 heavy (non-hydrogen) atoms. The lowest BCUT2D eigenvalue weighted by molar-refractivity contribution is 0.580. The summed E-state index contributed by atoms with van der Waals surface area (Å²) < 4.78 is 1.91. The summed E-state index contributed by atoms with van der Waals surface area (Å²) in [6, 6.07) is 10.9. The first-order valence-corrected chi connectivity index (χ1v) is 7.53. The summed E-state index contributed by atoms with van der Waals surface area (Å²) in [7, 11) is 0. The van der Waals surface area contributed by atoms with Gasteiger partial charge >= 0.3 is 0 Å². The zero-order valence-corrected chi connectivity index (χ0v) is 12.2. The summed E-state index contributed by atoms with van der Waals surface area (Å²) in [5.74, 6) is 1.00. The molecule has 0 aliphatic heterocycles. The molecule has 102 valence electrons. The van der Waals surface area contributed by atoms with Gasteiger partial charge in [-0.25, -0.2) is 0 Å². The van der Waals surface area contributed by atoms with E-state index in [0.717, 1.165) is 24.5 Å². The Balaban J connectivity index is 1.74. The monoisotopic (exact) mass is 276 g/mol. The molecular weight excluding hydrogens is 256 g/mol. The van der Waals surface area contributed by atoms with Gasteiger partial charge in [0, 0.05) is 29.4 Å². The summed E-state index contributed by atoms with van der Waals surface area (Å²) in [4.78, 5) is 1.30. The molecule has 0 saturated heterocycles. The molecule has 2 rings (SSSR count). The lowest BCUT2D eigenvalue weighted by Gasteiger charge is -2.04. The number of thioether (sulfide) groups is 1. The molecule has 0 unspecified atom stereocenters. The van der Waals surface area contributed by atoms with Crippen molar-refractivity contribution in [2.45, 2.75) is 37.9 Å². The first-order valence-electron chi connectivity index (χ1n) is 6.54. The van der Waals surface area contributed by atoms with Gasteiger partial charge in [0.25, 0.3) is 0 Å². The Bertz CT molecular complexity index is 481. The predicted octanol–water partition coefficient (Wildman–Crippen LogP) is 2.57. The smallest absolute Gasteiger partial charge is 0.0964 e. The molecule has 1 N–H and O–H groups in total. The molecule has 0 spiro atoms. The Kier molecular flexibility index (Phi) is 5.42.